The molecule has 0 aliphatic carbocycles. The number of rotatable bonds is 12. The van der Waals surface area contributed by atoms with Crippen LogP contribution in [0.1, 0.15) is 39.5 Å². The molecule has 6 aromatic rings. The Morgan fingerprint density at radius 1 is 0.286 bits per heavy atom. The summed E-state index contributed by atoms with van der Waals surface area (Å²) in [5.74, 6) is -0.362. The number of oxime groups is 6. The van der Waals surface area contributed by atoms with Crippen LogP contribution in [0.2, 0.25) is 12.6 Å². The number of ether oxygens (including phenoxy) is 6. The van der Waals surface area contributed by atoms with Crippen molar-refractivity contribution in [2.45, 2.75) is 52.2 Å². The van der Waals surface area contributed by atoms with E-state index in [1.165, 1.54) is 0 Å². The first-order valence-corrected chi connectivity index (χ1v) is 22.7. The van der Waals surface area contributed by atoms with E-state index in [-0.39, 0.29) is 48.0 Å². The largest absolute Gasteiger partial charge is 0.609 e. The Morgan fingerprint density at radius 3 is 0.614 bits per heavy atom. The fourth-order valence-corrected chi connectivity index (χ4v) is 6.32. The molecular formula is C50H48B2N6O12-2. The fourth-order valence-electron chi connectivity index (χ4n) is 6.32. The Morgan fingerprint density at radius 2 is 0.457 bits per heavy atom. The average molecular weight is 947 g/mol. The lowest BCUT2D eigenvalue weighted by atomic mass is 9.73. The lowest BCUT2D eigenvalue weighted by Crippen LogP contribution is -2.46. The summed E-state index contributed by atoms with van der Waals surface area (Å²) in [5.41, 5.74) is 0. The highest BCUT2D eigenvalue weighted by molar-refractivity contribution is 6.62. The maximum absolute atomic E-state index is 6.44. The van der Waals surface area contributed by atoms with E-state index >= 15 is 0 Å². The number of benzene rings is 6. The van der Waals surface area contributed by atoms with Crippen molar-refractivity contribution in [2.24, 2.45) is 30.9 Å². The van der Waals surface area contributed by atoms with Gasteiger partial charge in [0, 0.05) is 0 Å². The molecule has 6 aromatic carbocycles. The van der Waals surface area contributed by atoms with Crippen molar-refractivity contribution >= 4 is 48.9 Å². The molecule has 18 nitrogen and oxygen atoms in total. The molecule has 0 N–H and O–H groups in total. The van der Waals surface area contributed by atoms with Crippen LogP contribution in [-0.2, 0) is 28.5 Å². The van der Waals surface area contributed by atoms with Crippen molar-refractivity contribution in [3.05, 3.63) is 182 Å². The Hall–Kier alpha value is -8.93. The molecular weight excluding hydrogens is 898 g/mol. The second-order valence-electron chi connectivity index (χ2n) is 15.4. The van der Waals surface area contributed by atoms with Gasteiger partial charge in [0.2, 0.25) is 0 Å². The molecule has 0 aromatic heterocycles. The second-order valence-corrected chi connectivity index (χ2v) is 15.4. The van der Waals surface area contributed by atoms with Gasteiger partial charge in [-0.25, -0.2) is 0 Å². The Kier molecular flexibility index (Phi) is 16.4. The first kappa shape index (κ1) is 47.6. The van der Waals surface area contributed by atoms with Crippen LogP contribution in [-0.4, -0.2) is 48.9 Å². The summed E-state index contributed by atoms with van der Waals surface area (Å²) >= 11 is 0. The zero-order valence-corrected chi connectivity index (χ0v) is 38.3. The van der Waals surface area contributed by atoms with Gasteiger partial charge in [0.25, 0.3) is 0 Å². The van der Waals surface area contributed by atoms with Crippen LogP contribution in [0, 0.1) is 0 Å². The van der Waals surface area contributed by atoms with Gasteiger partial charge in [-0.05, 0) is 72.8 Å². The van der Waals surface area contributed by atoms with Crippen molar-refractivity contribution in [1.29, 1.82) is 0 Å². The van der Waals surface area contributed by atoms with Crippen molar-refractivity contribution < 1.29 is 57.0 Å². The van der Waals surface area contributed by atoms with Gasteiger partial charge in [-0.2, -0.15) is 0 Å². The maximum Gasteiger partial charge on any atom is 0.609 e. The van der Waals surface area contributed by atoms with Crippen molar-refractivity contribution in [3.8, 4) is 34.5 Å². The molecule has 0 saturated carbocycles. The van der Waals surface area contributed by atoms with Gasteiger partial charge in [0.1, 0.15) is 34.5 Å². The summed E-state index contributed by atoms with van der Waals surface area (Å²) in [6.07, 6.45) is 1.92. The Labute approximate surface area is 404 Å². The average Bonchev–Trinajstić information content (AvgIpc) is 3.41. The van der Waals surface area contributed by atoms with Crippen molar-refractivity contribution in [3.63, 3.8) is 0 Å². The molecule has 0 atom stereocenters. The van der Waals surface area contributed by atoms with Gasteiger partial charge >= 0.3 is 48.9 Å². The fraction of sp³-hybridized carbons (Fsp3) is 0.160. The first-order valence-electron chi connectivity index (χ1n) is 22.7. The summed E-state index contributed by atoms with van der Waals surface area (Å²) in [4.78, 5) is 0. The number of fused-ring (bicyclic) bond motifs is 9. The predicted octanol–water partition coefficient (Wildman–Crippen LogP) is 10.9. The van der Waals surface area contributed by atoms with Crippen LogP contribution in [0.15, 0.2) is 213 Å². The van der Waals surface area contributed by atoms with Crippen molar-refractivity contribution in [1.82, 2.24) is 0 Å². The summed E-state index contributed by atoms with van der Waals surface area (Å²) in [6, 6.07) is 52.5. The summed E-state index contributed by atoms with van der Waals surface area (Å²) < 4.78 is 76.8. The minimum atomic E-state index is -3.40. The van der Waals surface area contributed by atoms with Crippen LogP contribution >= 0.6 is 0 Å². The van der Waals surface area contributed by atoms with Gasteiger partial charge < -0.3 is 57.0 Å². The molecule has 0 radical (unpaired) electrons. The standard InChI is InChI=1S/C50H48B2N6O12/c1-3-5-37-51-65-53-45(59-39-25-13-7-14-26-39)48(62-42-31-19-10-20-32-42)56-68-52(38-6-4-2,69-57-49(63-43-33-21-11-22-34-43)46(54-66-51)60-40-27-15-8-16-28-40)70-58-50(64-44-35-23-12-24-36-44)47(55-67-51)61-41-29-17-9-18-30-41/h7-36H,3-6,37-38H2,1-2H3/q-2/b53-45-,54-46-,55-47-,56-48-,57-49-,58-50-. The molecule has 3 aliphatic heterocycles. The smallest absolute Gasteiger partial charge is 0.537 e. The van der Waals surface area contributed by atoms with Crippen LogP contribution in [0.5, 0.6) is 34.5 Å². The summed E-state index contributed by atoms with van der Waals surface area (Å²) in [6.45, 7) is -2.87. The zero-order valence-electron chi connectivity index (χ0n) is 38.3. The van der Waals surface area contributed by atoms with Gasteiger partial charge in [-0.15, -0.1) is 0 Å². The number of hydrogen-bond acceptors (Lipinski definition) is 18. The molecule has 0 spiro atoms. The molecule has 0 fully saturated rings. The van der Waals surface area contributed by atoms with E-state index in [4.69, 9.17) is 57.0 Å². The zero-order chi connectivity index (χ0) is 48.1. The van der Waals surface area contributed by atoms with Crippen LogP contribution in [0.25, 0.3) is 0 Å². The second kappa shape index (κ2) is 24.2. The lowest BCUT2D eigenvalue weighted by Gasteiger charge is -2.36. The number of nitrogens with zero attached hydrogens (tertiary/aromatic N) is 6. The Bertz CT molecular complexity index is 2280. The number of hydrogen-bond donors (Lipinski definition) is 0. The van der Waals surface area contributed by atoms with E-state index in [2.05, 4.69) is 30.9 Å². The first-order chi connectivity index (χ1) is 34.5. The van der Waals surface area contributed by atoms with Gasteiger partial charge in [-0.1, -0.05) is 192 Å². The summed E-state index contributed by atoms with van der Waals surface area (Å²) in [5, 5.41) is 27.0. The van der Waals surface area contributed by atoms with Gasteiger partial charge in [0.15, 0.2) is 0 Å². The van der Waals surface area contributed by atoms with Gasteiger partial charge in [0.05, 0.1) is 0 Å². The molecule has 0 saturated heterocycles. The molecule has 0 unspecified atom stereocenters. The van der Waals surface area contributed by atoms with E-state index < -0.39 is 13.5 Å². The van der Waals surface area contributed by atoms with E-state index in [0.717, 1.165) is 0 Å². The lowest BCUT2D eigenvalue weighted by molar-refractivity contribution is 0.0556. The van der Waals surface area contributed by atoms with Crippen LogP contribution in [0.4, 0.5) is 0 Å². The van der Waals surface area contributed by atoms with Crippen LogP contribution in [0.3, 0.4) is 0 Å². The van der Waals surface area contributed by atoms with E-state index in [9.17, 15) is 0 Å². The topological polar surface area (TPSA) is 185 Å². The Balaban J connectivity index is 1.41. The molecule has 20 heteroatoms. The number of unbranched alkanes of at least 4 members (excludes halogenated alkanes) is 2. The number of para-hydroxylation sites is 6. The van der Waals surface area contributed by atoms with E-state index in [0.29, 0.717) is 60.2 Å². The van der Waals surface area contributed by atoms with Crippen LogP contribution < -0.4 is 28.4 Å². The highest BCUT2D eigenvalue weighted by Gasteiger charge is 2.43. The van der Waals surface area contributed by atoms with Gasteiger partial charge in [-0.3, -0.25) is 0 Å². The summed E-state index contributed by atoms with van der Waals surface area (Å²) in [7, 11) is 0. The SMILES string of the molecule is CCCC[B-]12O/N=C(Oc3ccccc3)/C(Oc3ccccc3)=N/O[B-](CCCC)(O/N=C(Oc3ccccc3)/C(Oc3ccccc3)=N/O1)O/N=C(Oc1ccccc1)/C(Oc1ccccc1)=N/O2. The van der Waals surface area contributed by atoms with E-state index in [1.54, 1.807) is 146 Å². The monoisotopic (exact) mass is 946 g/mol. The third-order valence-electron chi connectivity index (χ3n) is 9.90. The van der Waals surface area contributed by atoms with E-state index in [1.807, 2.05) is 50.2 Å². The molecule has 3 aliphatic rings. The minimum absolute atomic E-state index is 0.0559. The molecule has 0 amide bonds. The third kappa shape index (κ3) is 13.6. The predicted molar refractivity (Wildman–Crippen MR) is 264 cm³/mol. The molecule has 70 heavy (non-hydrogen) atoms. The molecule has 9 rings (SSSR count). The third-order valence-corrected chi connectivity index (χ3v) is 9.90. The molecule has 3 heterocycles. The highest BCUT2D eigenvalue weighted by atomic mass is 16.9. The normalized spacial score (nSPS) is 22.5. The van der Waals surface area contributed by atoms with Crippen molar-refractivity contribution in [2.75, 3.05) is 0 Å². The molecule has 358 valence electrons. The quantitative estimate of drug-likeness (QED) is 0.106. The highest BCUT2D eigenvalue weighted by Crippen LogP contribution is 2.28. The minimum Gasteiger partial charge on any atom is -0.537 e. The molecule has 2 bridgehead atoms. The maximum atomic E-state index is 6.44.